The van der Waals surface area contributed by atoms with Crippen LogP contribution in [0.2, 0.25) is 0 Å². The number of fused-ring (bicyclic) bond motifs is 1. The van der Waals surface area contributed by atoms with Gasteiger partial charge < -0.3 is 14.8 Å². The highest BCUT2D eigenvalue weighted by Crippen LogP contribution is 2.36. The molecule has 128 valence electrons. The topological polar surface area (TPSA) is 91.2 Å². The fraction of sp³-hybridized carbons (Fsp3) is 0.250. The number of nitrogens with zero attached hydrogens (tertiary/aromatic N) is 4. The number of carbonyl (C=O) groups is 1. The predicted octanol–water partition coefficient (Wildman–Crippen LogP) is 1.95. The summed E-state index contributed by atoms with van der Waals surface area (Å²) in [6.07, 6.45) is 3.08. The van der Waals surface area contributed by atoms with Crippen LogP contribution in [-0.2, 0) is 6.54 Å². The highest BCUT2D eigenvalue weighted by molar-refractivity contribution is 7.13. The molecular formula is C16H15N5O3S. The summed E-state index contributed by atoms with van der Waals surface area (Å²) in [6.45, 7) is 2.68. The van der Waals surface area contributed by atoms with Crippen molar-refractivity contribution in [3.8, 4) is 22.1 Å². The Morgan fingerprint density at radius 1 is 1.40 bits per heavy atom. The van der Waals surface area contributed by atoms with Gasteiger partial charge in [0.2, 0.25) is 6.79 Å². The second-order valence-corrected chi connectivity index (χ2v) is 6.46. The number of aromatic nitrogens is 4. The maximum atomic E-state index is 12.4. The standard InChI is InChI=1S/C16H15N5O3S/c1-10(5-21-8-17-7-18-21)19-15(22)12-6-25-16(20-12)11-2-3-13-14(4-11)24-9-23-13/h2-4,6-8,10H,5,9H2,1H3,(H,19,22). The van der Waals surface area contributed by atoms with Gasteiger partial charge in [-0.15, -0.1) is 11.3 Å². The number of thiazole rings is 1. The lowest BCUT2D eigenvalue weighted by atomic mass is 10.2. The number of nitrogens with one attached hydrogen (secondary N) is 1. The Hall–Kier alpha value is -2.94. The predicted molar refractivity (Wildman–Crippen MR) is 90.6 cm³/mol. The zero-order valence-corrected chi connectivity index (χ0v) is 14.2. The van der Waals surface area contributed by atoms with Crippen molar-refractivity contribution in [1.29, 1.82) is 0 Å². The molecule has 0 radical (unpaired) electrons. The Labute approximate surface area is 147 Å². The number of hydrogen-bond acceptors (Lipinski definition) is 7. The van der Waals surface area contributed by atoms with Crippen molar-refractivity contribution in [3.63, 3.8) is 0 Å². The van der Waals surface area contributed by atoms with Crippen LogP contribution < -0.4 is 14.8 Å². The number of amides is 1. The molecular weight excluding hydrogens is 342 g/mol. The van der Waals surface area contributed by atoms with E-state index in [1.165, 1.54) is 17.7 Å². The van der Waals surface area contributed by atoms with Gasteiger partial charge in [0.05, 0.1) is 6.54 Å². The molecule has 0 saturated carbocycles. The van der Waals surface area contributed by atoms with Crippen LogP contribution in [0.4, 0.5) is 0 Å². The van der Waals surface area contributed by atoms with Crippen molar-refractivity contribution in [2.24, 2.45) is 0 Å². The normalized spacial score (nSPS) is 13.6. The number of rotatable bonds is 5. The van der Waals surface area contributed by atoms with Gasteiger partial charge in [-0.25, -0.2) is 9.97 Å². The second-order valence-electron chi connectivity index (χ2n) is 5.60. The van der Waals surface area contributed by atoms with Crippen LogP contribution >= 0.6 is 11.3 Å². The van der Waals surface area contributed by atoms with Gasteiger partial charge in [0.15, 0.2) is 11.5 Å². The molecule has 3 heterocycles. The van der Waals surface area contributed by atoms with E-state index in [1.54, 1.807) is 16.4 Å². The zero-order chi connectivity index (χ0) is 17.2. The van der Waals surface area contributed by atoms with Crippen molar-refractivity contribution in [3.05, 3.63) is 41.9 Å². The van der Waals surface area contributed by atoms with E-state index in [2.05, 4.69) is 20.4 Å². The number of hydrogen-bond donors (Lipinski definition) is 1. The van der Waals surface area contributed by atoms with Crippen LogP contribution in [0.5, 0.6) is 11.5 Å². The van der Waals surface area contributed by atoms with E-state index >= 15 is 0 Å². The molecule has 0 bridgehead atoms. The van der Waals surface area contributed by atoms with Gasteiger partial charge in [-0.3, -0.25) is 9.48 Å². The molecule has 0 aliphatic carbocycles. The summed E-state index contributed by atoms with van der Waals surface area (Å²) in [6, 6.07) is 5.53. The average Bonchev–Trinajstić information content (AvgIpc) is 3.35. The maximum absolute atomic E-state index is 12.4. The fourth-order valence-electron chi connectivity index (χ4n) is 2.49. The van der Waals surface area contributed by atoms with Gasteiger partial charge in [-0.1, -0.05) is 0 Å². The van der Waals surface area contributed by atoms with Gasteiger partial charge >= 0.3 is 0 Å². The Bertz CT molecular complexity index is 893. The summed E-state index contributed by atoms with van der Waals surface area (Å²) >= 11 is 1.41. The van der Waals surface area contributed by atoms with Crippen LogP contribution in [0.1, 0.15) is 17.4 Å². The van der Waals surface area contributed by atoms with Gasteiger partial charge in [0.1, 0.15) is 23.4 Å². The molecule has 0 fully saturated rings. The molecule has 1 aliphatic rings. The summed E-state index contributed by atoms with van der Waals surface area (Å²) in [7, 11) is 0. The van der Waals surface area contributed by atoms with E-state index in [4.69, 9.17) is 9.47 Å². The van der Waals surface area contributed by atoms with Crippen molar-refractivity contribution in [1.82, 2.24) is 25.1 Å². The van der Waals surface area contributed by atoms with Crippen molar-refractivity contribution in [2.45, 2.75) is 19.5 Å². The largest absolute Gasteiger partial charge is 0.454 e. The number of carbonyl (C=O) groups excluding carboxylic acids is 1. The lowest BCUT2D eigenvalue weighted by Crippen LogP contribution is -2.36. The summed E-state index contributed by atoms with van der Waals surface area (Å²) < 4.78 is 12.4. The molecule has 1 atom stereocenters. The highest BCUT2D eigenvalue weighted by Gasteiger charge is 2.17. The molecule has 25 heavy (non-hydrogen) atoms. The van der Waals surface area contributed by atoms with E-state index in [1.807, 2.05) is 25.1 Å². The molecule has 8 nitrogen and oxygen atoms in total. The van der Waals surface area contributed by atoms with Crippen molar-refractivity contribution >= 4 is 17.2 Å². The Morgan fingerprint density at radius 3 is 3.12 bits per heavy atom. The van der Waals surface area contributed by atoms with Crippen LogP contribution in [0.15, 0.2) is 36.2 Å². The first-order valence-corrected chi connectivity index (χ1v) is 8.56. The monoisotopic (exact) mass is 357 g/mol. The third kappa shape index (κ3) is 3.31. The fourth-order valence-corrected chi connectivity index (χ4v) is 3.29. The van der Waals surface area contributed by atoms with Crippen molar-refractivity contribution in [2.75, 3.05) is 6.79 Å². The third-order valence-electron chi connectivity index (χ3n) is 3.66. The third-order valence-corrected chi connectivity index (χ3v) is 4.55. The molecule has 0 saturated heterocycles. The molecule has 9 heteroatoms. The quantitative estimate of drug-likeness (QED) is 0.750. The summed E-state index contributed by atoms with van der Waals surface area (Å²) in [5.74, 6) is 1.20. The molecule has 1 N–H and O–H groups in total. The Balaban J connectivity index is 1.44. The summed E-state index contributed by atoms with van der Waals surface area (Å²) in [5.41, 5.74) is 1.28. The zero-order valence-electron chi connectivity index (χ0n) is 13.4. The van der Waals surface area contributed by atoms with Crippen molar-refractivity contribution < 1.29 is 14.3 Å². The SMILES string of the molecule is CC(Cn1cncn1)NC(=O)c1csc(-c2ccc3c(c2)OCO3)n1. The minimum absolute atomic E-state index is 0.0927. The number of ether oxygens (including phenoxy) is 2. The minimum atomic E-state index is -0.212. The van der Waals surface area contributed by atoms with Crippen LogP contribution in [-0.4, -0.2) is 38.5 Å². The van der Waals surface area contributed by atoms with Crippen LogP contribution in [0.25, 0.3) is 10.6 Å². The molecule has 1 unspecified atom stereocenters. The average molecular weight is 357 g/mol. The van der Waals surface area contributed by atoms with Crippen LogP contribution in [0, 0.1) is 0 Å². The summed E-state index contributed by atoms with van der Waals surface area (Å²) in [4.78, 5) is 20.7. The van der Waals surface area contributed by atoms with Gasteiger partial charge in [-0.2, -0.15) is 5.10 Å². The molecule has 0 spiro atoms. The van der Waals surface area contributed by atoms with E-state index in [0.717, 1.165) is 16.3 Å². The van der Waals surface area contributed by atoms with E-state index in [0.29, 0.717) is 18.0 Å². The molecule has 4 rings (SSSR count). The molecule has 1 amide bonds. The highest BCUT2D eigenvalue weighted by atomic mass is 32.1. The van der Waals surface area contributed by atoms with E-state index in [-0.39, 0.29) is 18.7 Å². The lowest BCUT2D eigenvalue weighted by Gasteiger charge is -2.12. The molecule has 3 aromatic rings. The molecule has 2 aromatic heterocycles. The minimum Gasteiger partial charge on any atom is -0.454 e. The maximum Gasteiger partial charge on any atom is 0.271 e. The second kappa shape index (κ2) is 6.52. The smallest absolute Gasteiger partial charge is 0.271 e. The summed E-state index contributed by atoms with van der Waals surface area (Å²) in [5, 5.41) is 9.44. The first-order chi connectivity index (χ1) is 12.2. The van der Waals surface area contributed by atoms with Crippen LogP contribution in [0.3, 0.4) is 0 Å². The van der Waals surface area contributed by atoms with E-state index < -0.39 is 0 Å². The first kappa shape index (κ1) is 15.6. The first-order valence-electron chi connectivity index (χ1n) is 7.68. The Kier molecular flexibility index (Phi) is 4.06. The molecule has 1 aromatic carbocycles. The van der Waals surface area contributed by atoms with Gasteiger partial charge in [0, 0.05) is 17.0 Å². The number of benzene rings is 1. The Morgan fingerprint density at radius 2 is 2.28 bits per heavy atom. The van der Waals surface area contributed by atoms with Gasteiger partial charge in [0.25, 0.3) is 5.91 Å². The lowest BCUT2D eigenvalue weighted by molar-refractivity contribution is 0.0931. The molecule has 1 aliphatic heterocycles. The van der Waals surface area contributed by atoms with E-state index in [9.17, 15) is 4.79 Å². The van der Waals surface area contributed by atoms with Gasteiger partial charge in [-0.05, 0) is 25.1 Å².